The Balaban J connectivity index is 1.44. The fraction of sp³-hybridized carbons (Fsp3) is 0.682. The van der Waals surface area contributed by atoms with Gasteiger partial charge in [-0.3, -0.25) is 19.3 Å². The predicted molar refractivity (Wildman–Crippen MR) is 219 cm³/mol. The SMILES string of the molecule is CC[C@@H]1OC(=O)[C@@](C)(F)C(=O)[C@H](C)[C@@H](O[C@@H]2O[C@H](C)C[C@H](N(C)C)[C@H]2O)[C@@](C)(OCC#Cc2ccc(-c3ncccn3)s2)C[C@@H](C)C(=O)C2(C)CN(C)C3C(=O)O[C@@]1(C)C32. The van der Waals surface area contributed by atoms with Crippen LogP contribution in [0.4, 0.5) is 4.39 Å². The monoisotopic (exact) mass is 854 g/mol. The van der Waals surface area contributed by atoms with Crippen LogP contribution < -0.4 is 0 Å². The Kier molecular flexibility index (Phi) is 13.2. The Morgan fingerprint density at radius 1 is 1.07 bits per heavy atom. The maximum Gasteiger partial charge on any atom is 0.351 e. The molecule has 6 heterocycles. The normalized spacial score (nSPS) is 40.4. The van der Waals surface area contributed by atoms with Gasteiger partial charge in [0, 0.05) is 48.1 Å². The molecule has 0 amide bonds. The minimum atomic E-state index is -3.21. The molecule has 16 heteroatoms. The van der Waals surface area contributed by atoms with E-state index >= 15 is 9.18 Å². The van der Waals surface area contributed by atoms with Gasteiger partial charge in [0.2, 0.25) is 0 Å². The third-order valence-electron chi connectivity index (χ3n) is 13.2. The fourth-order valence-electron chi connectivity index (χ4n) is 10.3. The molecule has 4 aliphatic rings. The molecule has 2 aromatic rings. The highest BCUT2D eigenvalue weighted by molar-refractivity contribution is 7.15. The van der Waals surface area contributed by atoms with Crippen LogP contribution in [-0.4, -0.2) is 142 Å². The van der Waals surface area contributed by atoms with Gasteiger partial charge in [-0.15, -0.1) is 11.3 Å². The Hall–Kier alpha value is -3.69. The van der Waals surface area contributed by atoms with E-state index in [0.29, 0.717) is 17.1 Å². The Morgan fingerprint density at radius 2 is 1.75 bits per heavy atom. The van der Waals surface area contributed by atoms with Crippen molar-refractivity contribution in [2.75, 3.05) is 34.3 Å². The van der Waals surface area contributed by atoms with E-state index in [1.54, 1.807) is 65.0 Å². The van der Waals surface area contributed by atoms with Gasteiger partial charge in [0.05, 0.1) is 27.6 Å². The quantitative estimate of drug-likeness (QED) is 0.239. The van der Waals surface area contributed by atoms with Crippen LogP contribution in [0.2, 0.25) is 0 Å². The molecule has 0 aromatic carbocycles. The number of halogens is 1. The number of esters is 2. The summed E-state index contributed by atoms with van der Waals surface area (Å²) in [6.45, 7) is 12.6. The number of alkyl halides is 1. The summed E-state index contributed by atoms with van der Waals surface area (Å²) in [7, 11) is 5.38. The van der Waals surface area contributed by atoms with Crippen molar-refractivity contribution in [1.29, 1.82) is 0 Å². The number of aliphatic hydroxyl groups excluding tert-OH is 1. The molecule has 6 rings (SSSR count). The van der Waals surface area contributed by atoms with E-state index in [1.807, 2.05) is 38.1 Å². The van der Waals surface area contributed by atoms with Crippen LogP contribution in [0.1, 0.15) is 79.5 Å². The van der Waals surface area contributed by atoms with E-state index in [2.05, 4.69) is 21.8 Å². The summed E-state index contributed by atoms with van der Waals surface area (Å²) >= 11 is 1.39. The lowest BCUT2D eigenvalue weighted by molar-refractivity contribution is -0.296. The molecular weight excluding hydrogens is 796 g/mol. The van der Waals surface area contributed by atoms with E-state index in [9.17, 15) is 19.5 Å². The lowest BCUT2D eigenvalue weighted by Gasteiger charge is -2.48. The van der Waals surface area contributed by atoms with Crippen molar-refractivity contribution in [3.8, 4) is 22.5 Å². The number of carbonyl (C=O) groups excluding carboxylic acids is 4. The summed E-state index contributed by atoms with van der Waals surface area (Å²) < 4.78 is 48.5. The first kappa shape index (κ1) is 45.8. The standard InChI is InChI=1S/C44H59FN4O10S/c1-12-30-44(8)33-31(38(53)59-44)49(11)23-41(33,5)34(51)24(2)22-42(6,55-20-13-15-27-16-17-29(60-27)37-46-18-14-19-47-37)36(26(4)35(52)43(7,45)40(54)57-30)58-39-32(50)28(48(9)10)21-25(3)56-39/h14,16-19,24-26,28,30-33,36,39,50H,12,20-23H2,1-11H3/t24-,25-,26+,28+,30+,31?,32-,33?,36-,39+,41?,42+,43+,44-/m1/s1. The molecule has 1 N–H and O–H groups in total. The number of likely N-dealkylation sites (N-methyl/N-ethyl adjacent to an activating group) is 2. The van der Waals surface area contributed by atoms with Gasteiger partial charge >= 0.3 is 11.9 Å². The molecule has 0 bridgehead atoms. The average molecular weight is 855 g/mol. The maximum atomic E-state index is 17.1. The van der Waals surface area contributed by atoms with Crippen molar-refractivity contribution in [1.82, 2.24) is 19.8 Å². The number of likely N-dealkylation sites (tertiary alicyclic amines) is 1. The molecule has 4 saturated heterocycles. The summed E-state index contributed by atoms with van der Waals surface area (Å²) in [4.78, 5) is 71.0. The van der Waals surface area contributed by atoms with E-state index in [0.717, 1.165) is 11.8 Å². The van der Waals surface area contributed by atoms with Crippen LogP contribution >= 0.6 is 11.3 Å². The Morgan fingerprint density at radius 3 is 2.40 bits per heavy atom. The molecule has 2 aromatic heterocycles. The van der Waals surface area contributed by atoms with Crippen molar-refractivity contribution >= 4 is 34.8 Å². The molecule has 4 fully saturated rings. The van der Waals surface area contributed by atoms with Gasteiger partial charge < -0.3 is 33.7 Å². The molecule has 4 aliphatic heterocycles. The second-order valence-electron chi connectivity index (χ2n) is 18.1. The molecular formula is C44H59FN4O10S. The summed E-state index contributed by atoms with van der Waals surface area (Å²) in [6, 6.07) is 4.20. The highest BCUT2D eigenvalue weighted by atomic mass is 32.1. The molecule has 328 valence electrons. The average Bonchev–Trinajstić information content (AvgIpc) is 3.87. The summed E-state index contributed by atoms with van der Waals surface area (Å²) in [5, 5.41) is 11.6. The number of rotatable bonds is 7. The molecule has 0 saturated carbocycles. The van der Waals surface area contributed by atoms with E-state index in [-0.39, 0.29) is 37.9 Å². The Bertz CT molecular complexity index is 2010. The highest BCUT2D eigenvalue weighted by Gasteiger charge is 2.71. The van der Waals surface area contributed by atoms with E-state index in [4.69, 9.17) is 23.7 Å². The number of carbonyl (C=O) groups is 4. The minimum Gasteiger partial charge on any atom is -0.455 e. The number of hydrogen-bond acceptors (Lipinski definition) is 15. The lowest BCUT2D eigenvalue weighted by Crippen LogP contribution is -2.61. The van der Waals surface area contributed by atoms with Gasteiger partial charge in [-0.05, 0) is 86.3 Å². The predicted octanol–water partition coefficient (Wildman–Crippen LogP) is 4.26. The van der Waals surface area contributed by atoms with Crippen LogP contribution in [-0.2, 0) is 42.9 Å². The van der Waals surface area contributed by atoms with Gasteiger partial charge in [-0.2, -0.15) is 0 Å². The number of ether oxygens (including phenoxy) is 5. The van der Waals surface area contributed by atoms with Gasteiger partial charge in [0.1, 0.15) is 30.6 Å². The largest absolute Gasteiger partial charge is 0.455 e. The summed E-state index contributed by atoms with van der Waals surface area (Å²) in [5.41, 5.74) is -7.55. The smallest absolute Gasteiger partial charge is 0.351 e. The molecule has 0 spiro atoms. The molecule has 60 heavy (non-hydrogen) atoms. The summed E-state index contributed by atoms with van der Waals surface area (Å²) in [6.07, 6.45) is -1.64. The second-order valence-corrected chi connectivity index (χ2v) is 19.1. The van der Waals surface area contributed by atoms with Crippen LogP contribution in [0, 0.1) is 35.0 Å². The number of cyclic esters (lactones) is 1. The topological polar surface area (TPSA) is 167 Å². The fourth-order valence-corrected chi connectivity index (χ4v) is 11.1. The van der Waals surface area contributed by atoms with Crippen LogP contribution in [0.15, 0.2) is 30.6 Å². The highest BCUT2D eigenvalue weighted by Crippen LogP contribution is 2.56. The number of ketones is 2. The molecule has 3 unspecified atom stereocenters. The zero-order chi connectivity index (χ0) is 44.1. The third-order valence-corrected chi connectivity index (χ3v) is 14.2. The number of Topliss-reactive ketones (excluding diaryl/α,β-unsaturated/α-hetero) is 2. The zero-order valence-electron chi connectivity index (χ0n) is 36.4. The first-order chi connectivity index (χ1) is 28.1. The van der Waals surface area contributed by atoms with Gasteiger partial charge in [-0.1, -0.05) is 39.5 Å². The number of thiophene rings is 1. The van der Waals surface area contributed by atoms with Crippen LogP contribution in [0.5, 0.6) is 0 Å². The first-order valence-electron chi connectivity index (χ1n) is 20.7. The van der Waals surface area contributed by atoms with Crippen molar-refractivity contribution in [2.45, 2.75) is 134 Å². The third kappa shape index (κ3) is 8.31. The molecule has 14 nitrogen and oxygen atoms in total. The number of nitrogens with zero attached hydrogens (tertiary/aromatic N) is 4. The molecule has 0 radical (unpaired) electrons. The first-order valence-corrected chi connectivity index (χ1v) is 21.5. The van der Waals surface area contributed by atoms with Crippen molar-refractivity contribution in [3.05, 3.63) is 35.5 Å². The lowest BCUT2D eigenvalue weighted by atomic mass is 9.62. The second kappa shape index (κ2) is 17.2. The zero-order valence-corrected chi connectivity index (χ0v) is 37.2. The number of aliphatic hydroxyl groups is 1. The Labute approximate surface area is 355 Å². The van der Waals surface area contributed by atoms with Gasteiger partial charge in [-0.25, -0.2) is 19.2 Å². The number of aromatic nitrogens is 2. The molecule has 0 aliphatic carbocycles. The minimum absolute atomic E-state index is 0.0629. The van der Waals surface area contributed by atoms with E-state index in [1.165, 1.54) is 18.3 Å². The maximum absolute atomic E-state index is 17.1. The van der Waals surface area contributed by atoms with Crippen molar-refractivity contribution < 1.29 is 52.4 Å². The van der Waals surface area contributed by atoms with Crippen molar-refractivity contribution in [2.24, 2.45) is 23.2 Å². The van der Waals surface area contributed by atoms with Crippen molar-refractivity contribution in [3.63, 3.8) is 0 Å². The molecule has 14 atom stereocenters. The van der Waals surface area contributed by atoms with Gasteiger partial charge in [0.15, 0.2) is 23.5 Å². The van der Waals surface area contributed by atoms with Gasteiger partial charge in [0.25, 0.3) is 5.67 Å². The van der Waals surface area contributed by atoms with Crippen LogP contribution in [0.3, 0.4) is 0 Å². The number of hydrogen-bond donors (Lipinski definition) is 1. The van der Waals surface area contributed by atoms with E-state index < -0.39 is 94.4 Å². The van der Waals surface area contributed by atoms with Crippen LogP contribution in [0.25, 0.3) is 10.7 Å². The summed E-state index contributed by atoms with van der Waals surface area (Å²) in [5.74, 6) is 0.275.